The molecule has 1 saturated heterocycles. The topological polar surface area (TPSA) is 40.5 Å². The molecule has 0 aromatic heterocycles. The zero-order valence-electron chi connectivity index (χ0n) is 15.7. The lowest BCUT2D eigenvalue weighted by atomic mass is 9.81. The minimum absolute atomic E-state index is 0.0589. The number of nitrogens with zero attached hydrogens (tertiary/aromatic N) is 1. The lowest BCUT2D eigenvalue weighted by Gasteiger charge is -2.25. The average Bonchev–Trinajstić information content (AvgIpc) is 3.17. The van der Waals surface area contributed by atoms with Gasteiger partial charge in [-0.25, -0.2) is 4.39 Å². The number of carbonyl (C=O) groups is 1. The van der Waals surface area contributed by atoms with Crippen LogP contribution < -0.4 is 0 Å². The molecule has 27 heavy (non-hydrogen) atoms. The lowest BCUT2D eigenvalue weighted by molar-refractivity contribution is 0.0975. The average molecular weight is 367 g/mol. The van der Waals surface area contributed by atoms with E-state index in [1.54, 1.807) is 12.1 Å². The molecule has 1 aliphatic carbocycles. The first-order chi connectivity index (χ1) is 13.0. The molecular formula is C23H26FNO2. The number of halogens is 1. The van der Waals surface area contributed by atoms with E-state index < -0.39 is 0 Å². The van der Waals surface area contributed by atoms with Gasteiger partial charge < -0.3 is 10.0 Å². The number of carbonyl (C=O) groups excluding carboxylic acids is 1. The van der Waals surface area contributed by atoms with E-state index in [1.807, 2.05) is 0 Å². The number of hydrogen-bond donors (Lipinski definition) is 1. The standard InChI is InChI=1S/C23H26FNO2/c1-16-4-9-20-19(13-16)22(27)14-23(20)10-12-25(15-23)11-2-3-21(26)17-5-7-18(24)8-6-17/h4-9,13,22,27H,2-3,10-12,14-15H2,1H3. The van der Waals surface area contributed by atoms with E-state index in [0.29, 0.717) is 12.0 Å². The quantitative estimate of drug-likeness (QED) is 0.806. The number of rotatable bonds is 5. The van der Waals surface area contributed by atoms with Crippen molar-refractivity contribution in [1.82, 2.24) is 4.90 Å². The van der Waals surface area contributed by atoms with E-state index in [0.717, 1.165) is 44.5 Å². The number of hydrogen-bond acceptors (Lipinski definition) is 3. The Kier molecular flexibility index (Phi) is 4.87. The minimum atomic E-state index is -0.361. The molecule has 0 amide bonds. The fraction of sp³-hybridized carbons (Fsp3) is 0.435. The fourth-order valence-electron chi connectivity index (χ4n) is 4.81. The third-order valence-electron chi connectivity index (χ3n) is 6.20. The number of aliphatic hydroxyl groups excluding tert-OH is 1. The summed E-state index contributed by atoms with van der Waals surface area (Å²) in [6.07, 6.45) is 2.78. The van der Waals surface area contributed by atoms with Crippen LogP contribution >= 0.6 is 0 Å². The molecular weight excluding hydrogens is 341 g/mol. The molecule has 2 aromatic carbocycles. The Balaban J connectivity index is 1.34. The lowest BCUT2D eigenvalue weighted by Crippen LogP contribution is -2.30. The first-order valence-electron chi connectivity index (χ1n) is 9.77. The molecule has 0 radical (unpaired) electrons. The van der Waals surface area contributed by atoms with Crippen molar-refractivity contribution in [3.63, 3.8) is 0 Å². The second-order valence-corrected chi connectivity index (χ2v) is 8.15. The molecule has 1 N–H and O–H groups in total. The normalized spacial score (nSPS) is 24.5. The number of benzene rings is 2. The third kappa shape index (κ3) is 3.56. The maximum Gasteiger partial charge on any atom is 0.162 e. The van der Waals surface area contributed by atoms with Crippen molar-refractivity contribution < 1.29 is 14.3 Å². The van der Waals surface area contributed by atoms with Crippen LogP contribution in [0.2, 0.25) is 0 Å². The van der Waals surface area contributed by atoms with E-state index in [4.69, 9.17) is 0 Å². The number of ketones is 1. The highest BCUT2D eigenvalue weighted by Crippen LogP contribution is 2.50. The fourth-order valence-corrected chi connectivity index (χ4v) is 4.81. The molecule has 1 heterocycles. The molecule has 2 aliphatic rings. The molecule has 4 heteroatoms. The van der Waals surface area contributed by atoms with Crippen molar-refractivity contribution in [2.24, 2.45) is 0 Å². The summed E-state index contributed by atoms with van der Waals surface area (Å²) in [5.41, 5.74) is 4.24. The highest BCUT2D eigenvalue weighted by atomic mass is 19.1. The summed E-state index contributed by atoms with van der Waals surface area (Å²) >= 11 is 0. The summed E-state index contributed by atoms with van der Waals surface area (Å²) in [7, 11) is 0. The summed E-state index contributed by atoms with van der Waals surface area (Å²) < 4.78 is 13.0. The first kappa shape index (κ1) is 18.3. The highest BCUT2D eigenvalue weighted by Gasteiger charge is 2.47. The number of likely N-dealkylation sites (tertiary alicyclic amines) is 1. The van der Waals surface area contributed by atoms with Crippen molar-refractivity contribution >= 4 is 5.78 Å². The Morgan fingerprint density at radius 2 is 2.04 bits per heavy atom. The summed E-state index contributed by atoms with van der Waals surface area (Å²) in [6, 6.07) is 12.2. The van der Waals surface area contributed by atoms with Crippen LogP contribution in [0, 0.1) is 12.7 Å². The van der Waals surface area contributed by atoms with Gasteiger partial charge in [0.2, 0.25) is 0 Å². The van der Waals surface area contributed by atoms with Crippen LogP contribution in [0.1, 0.15) is 58.8 Å². The van der Waals surface area contributed by atoms with Crippen molar-refractivity contribution in [3.05, 3.63) is 70.5 Å². The van der Waals surface area contributed by atoms with Crippen LogP contribution in [0.15, 0.2) is 42.5 Å². The number of aliphatic hydroxyl groups is 1. The second kappa shape index (κ2) is 7.17. The molecule has 0 saturated carbocycles. The summed E-state index contributed by atoms with van der Waals surface area (Å²) in [5.74, 6) is -0.246. The highest BCUT2D eigenvalue weighted by molar-refractivity contribution is 5.95. The Hall–Kier alpha value is -2.04. The van der Waals surface area contributed by atoms with E-state index >= 15 is 0 Å². The van der Waals surface area contributed by atoms with Gasteiger partial charge in [-0.1, -0.05) is 23.8 Å². The predicted molar refractivity (Wildman–Crippen MR) is 103 cm³/mol. The van der Waals surface area contributed by atoms with Gasteiger partial charge in [-0.3, -0.25) is 4.79 Å². The molecule has 2 atom stereocenters. The van der Waals surface area contributed by atoms with Crippen LogP contribution in [0.5, 0.6) is 0 Å². The molecule has 0 bridgehead atoms. The van der Waals surface area contributed by atoms with Gasteiger partial charge in [0.1, 0.15) is 5.82 Å². The molecule has 3 nitrogen and oxygen atoms in total. The molecule has 142 valence electrons. The monoisotopic (exact) mass is 367 g/mol. The van der Waals surface area contributed by atoms with Gasteiger partial charge >= 0.3 is 0 Å². The molecule has 1 spiro atoms. The number of aryl methyl sites for hydroxylation is 1. The Bertz CT molecular complexity index is 848. The molecule has 2 unspecified atom stereocenters. The SMILES string of the molecule is Cc1ccc2c(c1)C(O)CC21CCN(CCCC(=O)c2ccc(F)cc2)C1. The van der Waals surface area contributed by atoms with Crippen LogP contribution in [-0.2, 0) is 5.41 Å². The number of fused-ring (bicyclic) bond motifs is 2. The second-order valence-electron chi connectivity index (χ2n) is 8.15. The minimum Gasteiger partial charge on any atom is -0.388 e. The molecule has 1 fully saturated rings. The van der Waals surface area contributed by atoms with Crippen molar-refractivity contribution in [1.29, 1.82) is 0 Å². The summed E-state index contributed by atoms with van der Waals surface area (Å²) in [5, 5.41) is 10.5. The number of Topliss-reactive ketones (excluding diaryl/α,β-unsaturated/α-hetero) is 1. The van der Waals surface area contributed by atoms with Gasteiger partial charge in [-0.15, -0.1) is 0 Å². The van der Waals surface area contributed by atoms with Gasteiger partial charge in [0.15, 0.2) is 5.78 Å². The third-order valence-corrected chi connectivity index (χ3v) is 6.20. The maximum atomic E-state index is 13.0. The zero-order chi connectivity index (χ0) is 19.0. The van der Waals surface area contributed by atoms with E-state index in [1.165, 1.54) is 23.3 Å². The van der Waals surface area contributed by atoms with E-state index in [9.17, 15) is 14.3 Å². The molecule has 4 rings (SSSR count). The van der Waals surface area contributed by atoms with Gasteiger partial charge in [0.25, 0.3) is 0 Å². The van der Waals surface area contributed by atoms with Crippen molar-refractivity contribution in [3.8, 4) is 0 Å². The Morgan fingerprint density at radius 3 is 2.81 bits per heavy atom. The van der Waals surface area contributed by atoms with Gasteiger partial charge in [-0.2, -0.15) is 0 Å². The Morgan fingerprint density at radius 1 is 1.26 bits per heavy atom. The van der Waals surface area contributed by atoms with Crippen LogP contribution in [0.3, 0.4) is 0 Å². The summed E-state index contributed by atoms with van der Waals surface area (Å²) in [6.45, 7) is 4.90. The Labute approximate surface area is 159 Å². The molecule has 2 aromatic rings. The van der Waals surface area contributed by atoms with Crippen LogP contribution in [0.4, 0.5) is 4.39 Å². The van der Waals surface area contributed by atoms with E-state index in [-0.39, 0.29) is 23.1 Å². The van der Waals surface area contributed by atoms with Crippen molar-refractivity contribution in [2.45, 2.75) is 44.1 Å². The first-order valence-corrected chi connectivity index (χ1v) is 9.77. The predicted octanol–water partition coefficient (Wildman–Crippen LogP) is 4.18. The van der Waals surface area contributed by atoms with Gasteiger partial charge in [0.05, 0.1) is 6.10 Å². The molecule has 1 aliphatic heterocycles. The van der Waals surface area contributed by atoms with Gasteiger partial charge in [0, 0.05) is 23.9 Å². The van der Waals surface area contributed by atoms with Crippen molar-refractivity contribution in [2.75, 3.05) is 19.6 Å². The van der Waals surface area contributed by atoms with E-state index in [2.05, 4.69) is 30.0 Å². The largest absolute Gasteiger partial charge is 0.388 e. The summed E-state index contributed by atoms with van der Waals surface area (Å²) in [4.78, 5) is 14.7. The smallest absolute Gasteiger partial charge is 0.162 e. The van der Waals surface area contributed by atoms with Crippen LogP contribution in [0.25, 0.3) is 0 Å². The van der Waals surface area contributed by atoms with Crippen LogP contribution in [-0.4, -0.2) is 35.4 Å². The zero-order valence-corrected chi connectivity index (χ0v) is 15.7. The maximum absolute atomic E-state index is 13.0. The van der Waals surface area contributed by atoms with Gasteiger partial charge in [-0.05, 0) is 74.7 Å².